The highest BCUT2D eigenvalue weighted by Crippen LogP contribution is 2.34. The van der Waals surface area contributed by atoms with Crippen molar-refractivity contribution in [1.82, 2.24) is 15.2 Å². The summed E-state index contributed by atoms with van der Waals surface area (Å²) in [7, 11) is 5.85. The van der Waals surface area contributed by atoms with E-state index < -0.39 is 0 Å². The number of methoxy groups -OCH3 is 1. The van der Waals surface area contributed by atoms with Gasteiger partial charge < -0.3 is 24.8 Å². The third kappa shape index (κ3) is 5.28. The molecule has 2 aromatic rings. The third-order valence-electron chi connectivity index (χ3n) is 8.01. The summed E-state index contributed by atoms with van der Waals surface area (Å²) in [5, 5.41) is 3.49. The zero-order chi connectivity index (χ0) is 26.0. The number of nitrogens with one attached hydrogen (secondary N) is 2. The van der Waals surface area contributed by atoms with E-state index >= 15 is 0 Å². The highest BCUT2D eigenvalue weighted by atomic mass is 35.5. The number of ether oxygens (including phenoxy) is 1. The molecule has 0 atom stereocenters. The van der Waals surface area contributed by atoms with E-state index in [1.54, 1.807) is 6.07 Å². The van der Waals surface area contributed by atoms with Crippen molar-refractivity contribution < 1.29 is 9.53 Å². The fourth-order valence-corrected chi connectivity index (χ4v) is 6.15. The highest BCUT2D eigenvalue weighted by molar-refractivity contribution is 6.31. The van der Waals surface area contributed by atoms with Crippen LogP contribution in [0.4, 0.5) is 5.69 Å². The highest BCUT2D eigenvalue weighted by Gasteiger charge is 2.28. The van der Waals surface area contributed by atoms with E-state index in [9.17, 15) is 9.59 Å². The predicted molar refractivity (Wildman–Crippen MR) is 146 cm³/mol. The van der Waals surface area contributed by atoms with E-state index in [0.717, 1.165) is 74.0 Å². The number of fused-ring (bicyclic) bond motifs is 1. The maximum atomic E-state index is 13.3. The van der Waals surface area contributed by atoms with Gasteiger partial charge in [-0.05, 0) is 90.6 Å². The Morgan fingerprint density at radius 2 is 1.86 bits per heavy atom. The van der Waals surface area contributed by atoms with Crippen LogP contribution in [-0.2, 0) is 19.4 Å². The summed E-state index contributed by atoms with van der Waals surface area (Å²) in [6.07, 6.45) is 7.13. The van der Waals surface area contributed by atoms with Gasteiger partial charge in [-0.1, -0.05) is 11.6 Å². The largest absolute Gasteiger partial charge is 0.482 e. The molecule has 1 aromatic heterocycles. The van der Waals surface area contributed by atoms with E-state index in [1.165, 1.54) is 7.11 Å². The van der Waals surface area contributed by atoms with Crippen molar-refractivity contribution in [3.8, 4) is 5.88 Å². The lowest BCUT2D eigenvalue weighted by molar-refractivity contribution is 0.0950. The van der Waals surface area contributed by atoms with Gasteiger partial charge in [-0.3, -0.25) is 9.59 Å². The van der Waals surface area contributed by atoms with Crippen LogP contribution in [-0.4, -0.2) is 55.6 Å². The number of halogens is 1. The summed E-state index contributed by atoms with van der Waals surface area (Å²) < 4.78 is 5.45. The molecular weight excluding hydrogens is 476 g/mol. The molecule has 0 unspecified atom stereocenters. The molecule has 0 radical (unpaired) electrons. The molecule has 196 valence electrons. The minimum atomic E-state index is -0.245. The third-order valence-corrected chi connectivity index (χ3v) is 8.23. The van der Waals surface area contributed by atoms with Crippen LogP contribution >= 0.6 is 11.6 Å². The predicted octanol–water partition coefficient (Wildman–Crippen LogP) is 4.46. The Labute approximate surface area is 219 Å². The molecule has 0 aliphatic heterocycles. The molecule has 7 nitrogen and oxygen atoms in total. The number of carbonyl (C=O) groups excluding carboxylic acids is 1. The van der Waals surface area contributed by atoms with Gasteiger partial charge in [0.1, 0.15) is 0 Å². The lowest BCUT2D eigenvalue weighted by Crippen LogP contribution is -2.42. The molecule has 1 fully saturated rings. The standard InChI is InChI=1S/C28H39ClN4O3/c1-6-33(20-12-10-19(11-13-20)32(3)4)25-15-18(29)14-22(17(25)2)27(35)30-16-23-26(34)21-8-7-9-24(21)31-28(23)36-5/h14-15,19-20H,6-13,16H2,1-5H3,(H,30,35)(H,31,34). The first kappa shape index (κ1) is 26.6. The summed E-state index contributed by atoms with van der Waals surface area (Å²) in [5.74, 6) is 0.181. The van der Waals surface area contributed by atoms with Crippen LogP contribution in [0, 0.1) is 6.92 Å². The van der Waals surface area contributed by atoms with E-state index in [0.29, 0.717) is 34.1 Å². The molecule has 8 heteroatoms. The smallest absolute Gasteiger partial charge is 0.251 e. The number of rotatable bonds is 8. The monoisotopic (exact) mass is 514 g/mol. The maximum Gasteiger partial charge on any atom is 0.251 e. The topological polar surface area (TPSA) is 77.7 Å². The van der Waals surface area contributed by atoms with Gasteiger partial charge in [0.2, 0.25) is 0 Å². The normalized spacial score (nSPS) is 19.3. The molecule has 0 spiro atoms. The molecular formula is C28H39ClN4O3. The summed E-state index contributed by atoms with van der Waals surface area (Å²) >= 11 is 6.54. The van der Waals surface area contributed by atoms with Crippen molar-refractivity contribution in [1.29, 1.82) is 0 Å². The van der Waals surface area contributed by atoms with Gasteiger partial charge in [-0.25, -0.2) is 0 Å². The van der Waals surface area contributed by atoms with Crippen LogP contribution < -0.4 is 20.4 Å². The zero-order valence-corrected chi connectivity index (χ0v) is 22.9. The molecule has 1 aromatic carbocycles. The Hall–Kier alpha value is -2.51. The SMILES string of the molecule is CCN(c1cc(Cl)cc(C(=O)NCc2c(OC)[nH]c3c(c2=O)CCC3)c1C)C1CCC(N(C)C)CC1. The number of hydrogen-bond acceptors (Lipinski definition) is 5. The van der Waals surface area contributed by atoms with Gasteiger partial charge in [0, 0.05) is 46.2 Å². The minimum Gasteiger partial charge on any atom is -0.482 e. The molecule has 4 rings (SSSR count). The molecule has 1 amide bonds. The number of aromatic nitrogens is 1. The van der Waals surface area contributed by atoms with Crippen LogP contribution in [0.5, 0.6) is 5.88 Å². The zero-order valence-electron chi connectivity index (χ0n) is 22.2. The molecule has 0 saturated heterocycles. The van der Waals surface area contributed by atoms with Crippen LogP contribution in [0.15, 0.2) is 16.9 Å². The fourth-order valence-electron chi connectivity index (χ4n) is 5.94. The number of aryl methyl sites for hydroxylation is 1. The van der Waals surface area contributed by atoms with Gasteiger partial charge >= 0.3 is 0 Å². The Morgan fingerprint density at radius 3 is 2.50 bits per heavy atom. The van der Waals surface area contributed by atoms with E-state index in [-0.39, 0.29) is 17.9 Å². The average molecular weight is 515 g/mol. The van der Waals surface area contributed by atoms with Crippen LogP contribution in [0.1, 0.15) is 71.8 Å². The number of aromatic amines is 1. The van der Waals surface area contributed by atoms with Crippen molar-refractivity contribution in [2.24, 2.45) is 0 Å². The minimum absolute atomic E-state index is 0.0348. The number of nitrogens with zero attached hydrogens (tertiary/aromatic N) is 2. The molecule has 36 heavy (non-hydrogen) atoms. The number of pyridine rings is 1. The quantitative estimate of drug-likeness (QED) is 0.543. The number of anilines is 1. The van der Waals surface area contributed by atoms with E-state index in [2.05, 4.69) is 41.1 Å². The maximum absolute atomic E-state index is 13.3. The first-order valence-corrected chi connectivity index (χ1v) is 13.4. The molecule has 0 bridgehead atoms. The van der Waals surface area contributed by atoms with Gasteiger partial charge in [-0.15, -0.1) is 0 Å². The molecule has 1 heterocycles. The lowest BCUT2D eigenvalue weighted by atomic mass is 9.89. The Morgan fingerprint density at radius 1 is 1.17 bits per heavy atom. The first-order valence-electron chi connectivity index (χ1n) is 13.1. The molecule has 2 aliphatic rings. The van der Waals surface area contributed by atoms with Gasteiger partial charge in [0.25, 0.3) is 5.91 Å². The van der Waals surface area contributed by atoms with Crippen molar-refractivity contribution >= 4 is 23.2 Å². The molecule has 2 aliphatic carbocycles. The van der Waals surface area contributed by atoms with Gasteiger partial charge in [0.05, 0.1) is 19.2 Å². The summed E-state index contributed by atoms with van der Waals surface area (Å²) in [6, 6.07) is 4.75. The van der Waals surface area contributed by atoms with Crippen molar-refractivity contribution in [2.75, 3.05) is 32.6 Å². The van der Waals surface area contributed by atoms with Crippen molar-refractivity contribution in [3.05, 3.63) is 55.3 Å². The molecule has 1 saturated carbocycles. The number of hydrogen-bond donors (Lipinski definition) is 2. The van der Waals surface area contributed by atoms with Gasteiger partial charge in [0.15, 0.2) is 11.3 Å². The lowest BCUT2D eigenvalue weighted by Gasteiger charge is -2.40. The number of H-pyrrole nitrogens is 1. The molecule has 2 N–H and O–H groups in total. The number of benzene rings is 1. The second-order valence-electron chi connectivity index (χ2n) is 10.3. The van der Waals surface area contributed by atoms with E-state index in [1.807, 2.05) is 13.0 Å². The summed E-state index contributed by atoms with van der Waals surface area (Å²) in [5.41, 5.74) is 4.63. The van der Waals surface area contributed by atoms with Gasteiger partial charge in [-0.2, -0.15) is 0 Å². The van der Waals surface area contributed by atoms with Crippen molar-refractivity contribution in [2.45, 2.75) is 77.4 Å². The first-order chi connectivity index (χ1) is 17.2. The second-order valence-corrected chi connectivity index (χ2v) is 10.7. The van der Waals surface area contributed by atoms with Crippen LogP contribution in [0.3, 0.4) is 0 Å². The Balaban J connectivity index is 1.55. The van der Waals surface area contributed by atoms with Crippen molar-refractivity contribution in [3.63, 3.8) is 0 Å². The Bertz CT molecular complexity index is 1170. The fraction of sp³-hybridized carbons (Fsp3) is 0.571. The summed E-state index contributed by atoms with van der Waals surface area (Å²) in [6.45, 7) is 5.08. The van der Waals surface area contributed by atoms with E-state index in [4.69, 9.17) is 16.3 Å². The second kappa shape index (κ2) is 11.3. The average Bonchev–Trinajstić information content (AvgIpc) is 3.34. The van der Waals surface area contributed by atoms with Crippen LogP contribution in [0.2, 0.25) is 5.02 Å². The Kier molecular flexibility index (Phi) is 8.30. The summed E-state index contributed by atoms with van der Waals surface area (Å²) in [4.78, 5) is 34.4. The van der Waals surface area contributed by atoms with Crippen LogP contribution in [0.25, 0.3) is 0 Å². The number of amides is 1. The number of carbonyl (C=O) groups is 1.